The summed E-state index contributed by atoms with van der Waals surface area (Å²) in [4.78, 5) is 0. The first-order chi connectivity index (χ1) is 8.53. The zero-order valence-corrected chi connectivity index (χ0v) is 11.7. The Kier molecular flexibility index (Phi) is 6.06. The summed E-state index contributed by atoms with van der Waals surface area (Å²) in [6.07, 6.45) is 4.53. The lowest BCUT2D eigenvalue weighted by molar-refractivity contribution is 0.280. The molecule has 0 radical (unpaired) electrons. The Morgan fingerprint density at radius 1 is 1.33 bits per heavy atom. The van der Waals surface area contributed by atoms with Gasteiger partial charge in [-0.1, -0.05) is 6.92 Å². The van der Waals surface area contributed by atoms with Crippen molar-refractivity contribution in [3.05, 3.63) is 0 Å². The SMILES string of the molecule is CCC(C#N)S(=O)(=O)NCC1CCC(CN)CC1. The van der Waals surface area contributed by atoms with E-state index in [9.17, 15) is 8.42 Å². The molecule has 0 aromatic carbocycles. The first-order valence-electron chi connectivity index (χ1n) is 6.61. The second-order valence-corrected chi connectivity index (χ2v) is 6.99. The van der Waals surface area contributed by atoms with E-state index in [4.69, 9.17) is 11.0 Å². The van der Waals surface area contributed by atoms with Gasteiger partial charge in [0.15, 0.2) is 5.25 Å². The van der Waals surface area contributed by atoms with E-state index in [1.807, 2.05) is 6.07 Å². The van der Waals surface area contributed by atoms with Crippen LogP contribution in [0, 0.1) is 23.2 Å². The van der Waals surface area contributed by atoms with Crippen LogP contribution in [-0.4, -0.2) is 26.8 Å². The zero-order valence-electron chi connectivity index (χ0n) is 10.9. The maximum Gasteiger partial charge on any atom is 0.227 e. The van der Waals surface area contributed by atoms with E-state index in [0.29, 0.717) is 24.8 Å². The third-order valence-electron chi connectivity index (χ3n) is 3.76. The molecule has 1 aliphatic rings. The number of sulfonamides is 1. The van der Waals surface area contributed by atoms with Crippen molar-refractivity contribution in [1.82, 2.24) is 4.72 Å². The molecule has 3 N–H and O–H groups in total. The van der Waals surface area contributed by atoms with Gasteiger partial charge >= 0.3 is 0 Å². The summed E-state index contributed by atoms with van der Waals surface area (Å²) in [5.74, 6) is 0.985. The molecule has 0 aromatic heterocycles. The molecule has 0 saturated heterocycles. The van der Waals surface area contributed by atoms with Gasteiger partial charge in [0, 0.05) is 6.54 Å². The fraction of sp³-hybridized carbons (Fsp3) is 0.917. The van der Waals surface area contributed by atoms with Crippen LogP contribution in [0.1, 0.15) is 39.0 Å². The molecular formula is C12H23N3O2S. The standard InChI is InChI=1S/C12H23N3O2S/c1-2-12(8-14)18(16,17)15-9-11-5-3-10(7-13)4-6-11/h10-12,15H,2-7,9,13H2,1H3. The van der Waals surface area contributed by atoms with Crippen LogP contribution in [0.15, 0.2) is 0 Å². The van der Waals surface area contributed by atoms with Crippen LogP contribution in [0.3, 0.4) is 0 Å². The first-order valence-corrected chi connectivity index (χ1v) is 8.16. The smallest absolute Gasteiger partial charge is 0.227 e. The maximum atomic E-state index is 11.8. The summed E-state index contributed by atoms with van der Waals surface area (Å²) >= 11 is 0. The zero-order chi connectivity index (χ0) is 13.6. The number of nitrogens with one attached hydrogen (secondary N) is 1. The molecule has 104 valence electrons. The number of nitriles is 1. The average Bonchev–Trinajstić information content (AvgIpc) is 2.38. The molecule has 1 atom stereocenters. The molecule has 1 unspecified atom stereocenters. The average molecular weight is 273 g/mol. The number of nitrogens with two attached hydrogens (primary N) is 1. The molecule has 0 spiro atoms. The van der Waals surface area contributed by atoms with Gasteiger partial charge in [-0.25, -0.2) is 13.1 Å². The van der Waals surface area contributed by atoms with Crippen LogP contribution < -0.4 is 10.5 Å². The Hall–Kier alpha value is -0.640. The van der Waals surface area contributed by atoms with Crippen LogP contribution in [0.2, 0.25) is 0 Å². The van der Waals surface area contributed by atoms with E-state index in [2.05, 4.69) is 4.72 Å². The molecule has 1 aliphatic carbocycles. The summed E-state index contributed by atoms with van der Waals surface area (Å²) in [6.45, 7) is 2.89. The van der Waals surface area contributed by atoms with Gasteiger partial charge in [-0.05, 0) is 50.5 Å². The van der Waals surface area contributed by atoms with Gasteiger partial charge < -0.3 is 5.73 Å². The van der Waals surface area contributed by atoms with Crippen molar-refractivity contribution in [2.24, 2.45) is 17.6 Å². The Bertz CT molecular complexity index is 381. The molecule has 1 rings (SSSR count). The Morgan fingerprint density at radius 3 is 2.33 bits per heavy atom. The molecule has 1 saturated carbocycles. The van der Waals surface area contributed by atoms with E-state index in [0.717, 1.165) is 32.2 Å². The van der Waals surface area contributed by atoms with Gasteiger partial charge in [-0.15, -0.1) is 0 Å². The molecule has 6 heteroatoms. The van der Waals surface area contributed by atoms with Crippen molar-refractivity contribution in [3.8, 4) is 6.07 Å². The summed E-state index contributed by atoms with van der Waals surface area (Å²) in [6, 6.07) is 1.83. The lowest BCUT2D eigenvalue weighted by atomic mass is 9.82. The first kappa shape index (κ1) is 15.4. The number of nitrogens with zero attached hydrogens (tertiary/aromatic N) is 1. The third-order valence-corrected chi connectivity index (χ3v) is 5.52. The minimum atomic E-state index is -3.48. The molecule has 0 aromatic rings. The monoisotopic (exact) mass is 273 g/mol. The van der Waals surface area contributed by atoms with Crippen molar-refractivity contribution in [2.75, 3.05) is 13.1 Å². The largest absolute Gasteiger partial charge is 0.330 e. The van der Waals surface area contributed by atoms with E-state index in [1.54, 1.807) is 6.92 Å². The van der Waals surface area contributed by atoms with Crippen LogP contribution in [0.5, 0.6) is 0 Å². The van der Waals surface area contributed by atoms with Crippen molar-refractivity contribution in [2.45, 2.75) is 44.3 Å². The van der Waals surface area contributed by atoms with E-state index >= 15 is 0 Å². The summed E-state index contributed by atoms with van der Waals surface area (Å²) in [5, 5.41) is 7.85. The summed E-state index contributed by atoms with van der Waals surface area (Å²) in [5.41, 5.74) is 5.62. The molecule has 0 heterocycles. The highest BCUT2D eigenvalue weighted by molar-refractivity contribution is 7.90. The highest BCUT2D eigenvalue weighted by atomic mass is 32.2. The van der Waals surface area contributed by atoms with Gasteiger partial charge in [0.05, 0.1) is 6.07 Å². The minimum Gasteiger partial charge on any atom is -0.330 e. The van der Waals surface area contributed by atoms with Crippen LogP contribution in [-0.2, 0) is 10.0 Å². The molecule has 0 amide bonds. The van der Waals surface area contributed by atoms with Gasteiger partial charge in [0.2, 0.25) is 10.0 Å². The summed E-state index contributed by atoms with van der Waals surface area (Å²) in [7, 11) is -3.48. The fourth-order valence-corrected chi connectivity index (χ4v) is 3.63. The van der Waals surface area contributed by atoms with E-state index in [-0.39, 0.29) is 0 Å². The molecule has 1 fully saturated rings. The lowest BCUT2D eigenvalue weighted by Gasteiger charge is -2.27. The second kappa shape index (κ2) is 7.07. The predicted octanol–water partition coefficient (Wildman–Crippen LogP) is 0.973. The molecule has 0 bridgehead atoms. The third kappa shape index (κ3) is 4.23. The molecular weight excluding hydrogens is 250 g/mol. The van der Waals surface area contributed by atoms with Gasteiger partial charge in [0.25, 0.3) is 0 Å². The summed E-state index contributed by atoms with van der Waals surface area (Å²) < 4.78 is 26.2. The molecule has 5 nitrogen and oxygen atoms in total. The van der Waals surface area contributed by atoms with Crippen LogP contribution >= 0.6 is 0 Å². The van der Waals surface area contributed by atoms with Gasteiger partial charge in [-0.2, -0.15) is 5.26 Å². The second-order valence-electron chi connectivity index (χ2n) is 5.04. The maximum absolute atomic E-state index is 11.8. The molecule has 18 heavy (non-hydrogen) atoms. The van der Waals surface area contributed by atoms with Crippen molar-refractivity contribution in [3.63, 3.8) is 0 Å². The topological polar surface area (TPSA) is 96.0 Å². The number of hydrogen-bond donors (Lipinski definition) is 2. The van der Waals surface area contributed by atoms with Crippen molar-refractivity contribution in [1.29, 1.82) is 5.26 Å². The highest BCUT2D eigenvalue weighted by Crippen LogP contribution is 2.27. The highest BCUT2D eigenvalue weighted by Gasteiger charge is 2.26. The molecule has 0 aliphatic heterocycles. The quantitative estimate of drug-likeness (QED) is 0.753. The van der Waals surface area contributed by atoms with Gasteiger partial charge in [0.1, 0.15) is 0 Å². The Balaban J connectivity index is 2.40. The van der Waals surface area contributed by atoms with Crippen LogP contribution in [0.25, 0.3) is 0 Å². The fourth-order valence-electron chi connectivity index (χ4n) is 2.39. The van der Waals surface area contributed by atoms with Gasteiger partial charge in [-0.3, -0.25) is 0 Å². The van der Waals surface area contributed by atoms with E-state index in [1.165, 1.54) is 0 Å². The Morgan fingerprint density at radius 2 is 1.89 bits per heavy atom. The lowest BCUT2D eigenvalue weighted by Crippen LogP contribution is -2.37. The normalized spacial score (nSPS) is 26.5. The minimum absolute atomic E-state index is 0.325. The van der Waals surface area contributed by atoms with Crippen molar-refractivity contribution >= 4 is 10.0 Å². The number of hydrogen-bond acceptors (Lipinski definition) is 4. The predicted molar refractivity (Wildman–Crippen MR) is 71.1 cm³/mol. The number of rotatable bonds is 6. The van der Waals surface area contributed by atoms with Crippen LogP contribution in [0.4, 0.5) is 0 Å². The van der Waals surface area contributed by atoms with Crippen molar-refractivity contribution < 1.29 is 8.42 Å². The van der Waals surface area contributed by atoms with E-state index < -0.39 is 15.3 Å². The Labute approximate surface area is 110 Å².